The molecule has 1 aliphatic heterocycles. The molecule has 1 aliphatic rings. The molecule has 0 aromatic carbocycles. The van der Waals surface area contributed by atoms with Gasteiger partial charge < -0.3 is 14.2 Å². The van der Waals surface area contributed by atoms with Crippen molar-refractivity contribution in [2.75, 3.05) is 20.3 Å². The van der Waals surface area contributed by atoms with Gasteiger partial charge in [-0.1, -0.05) is 0 Å². The van der Waals surface area contributed by atoms with Gasteiger partial charge in [0.2, 0.25) is 0 Å². The second-order valence-corrected chi connectivity index (χ2v) is 5.32. The summed E-state index contributed by atoms with van der Waals surface area (Å²) >= 11 is 0. The largest absolute Gasteiger partial charge is 0.467 e. The van der Waals surface area contributed by atoms with Gasteiger partial charge in [0, 0.05) is 0 Å². The number of nitrogens with zero attached hydrogens (tertiary/aromatic N) is 1. The maximum Gasteiger partial charge on any atom is 0.411 e. The zero-order chi connectivity index (χ0) is 13.9. The number of morpholine rings is 1. The van der Waals surface area contributed by atoms with Gasteiger partial charge in [-0.25, -0.2) is 9.59 Å². The number of esters is 1. The van der Waals surface area contributed by atoms with Gasteiger partial charge in [-0.3, -0.25) is 4.90 Å². The molecule has 18 heavy (non-hydrogen) atoms. The molecule has 0 radical (unpaired) electrons. The summed E-state index contributed by atoms with van der Waals surface area (Å²) in [5, 5.41) is 0. The minimum absolute atomic E-state index is 0.126. The fourth-order valence-electron chi connectivity index (χ4n) is 1.66. The predicted molar refractivity (Wildman–Crippen MR) is 64.2 cm³/mol. The third-order valence-corrected chi connectivity index (χ3v) is 2.47. The van der Waals surface area contributed by atoms with Crippen molar-refractivity contribution in [2.24, 2.45) is 0 Å². The maximum atomic E-state index is 12.0. The highest BCUT2D eigenvalue weighted by Gasteiger charge is 2.38. The first-order valence-corrected chi connectivity index (χ1v) is 5.93. The second-order valence-electron chi connectivity index (χ2n) is 5.32. The SMILES string of the molecule is COC(=O)[C@H]1CO[C@@H](C)CN1C(=O)OC(C)(C)C. The summed E-state index contributed by atoms with van der Waals surface area (Å²) in [4.78, 5) is 25.0. The van der Waals surface area contributed by atoms with E-state index in [0.29, 0.717) is 6.54 Å². The van der Waals surface area contributed by atoms with E-state index < -0.39 is 23.7 Å². The highest BCUT2D eigenvalue weighted by Crippen LogP contribution is 2.17. The third kappa shape index (κ3) is 3.87. The van der Waals surface area contributed by atoms with Crippen LogP contribution in [-0.4, -0.2) is 55.0 Å². The smallest absolute Gasteiger partial charge is 0.411 e. The van der Waals surface area contributed by atoms with Crippen LogP contribution in [0.3, 0.4) is 0 Å². The van der Waals surface area contributed by atoms with Gasteiger partial charge in [0.15, 0.2) is 6.04 Å². The number of rotatable bonds is 1. The summed E-state index contributed by atoms with van der Waals surface area (Å²) in [7, 11) is 1.29. The summed E-state index contributed by atoms with van der Waals surface area (Å²) in [6.45, 7) is 7.62. The summed E-state index contributed by atoms with van der Waals surface area (Å²) in [5.74, 6) is -0.493. The highest BCUT2D eigenvalue weighted by atomic mass is 16.6. The van der Waals surface area contributed by atoms with E-state index in [2.05, 4.69) is 4.74 Å². The molecular formula is C12H21NO5. The Morgan fingerprint density at radius 3 is 2.44 bits per heavy atom. The fourth-order valence-corrected chi connectivity index (χ4v) is 1.66. The van der Waals surface area contributed by atoms with Crippen LogP contribution in [0.25, 0.3) is 0 Å². The molecule has 0 N–H and O–H groups in total. The third-order valence-electron chi connectivity index (χ3n) is 2.47. The topological polar surface area (TPSA) is 65.1 Å². The lowest BCUT2D eigenvalue weighted by Gasteiger charge is -2.37. The van der Waals surface area contributed by atoms with Crippen molar-refractivity contribution in [3.05, 3.63) is 0 Å². The normalized spacial score (nSPS) is 24.6. The van der Waals surface area contributed by atoms with Crippen LogP contribution in [0.5, 0.6) is 0 Å². The number of methoxy groups -OCH3 is 1. The molecule has 1 fully saturated rings. The average Bonchev–Trinajstić information content (AvgIpc) is 2.25. The van der Waals surface area contributed by atoms with Crippen LogP contribution in [0.4, 0.5) is 4.79 Å². The molecule has 0 bridgehead atoms. The van der Waals surface area contributed by atoms with Crippen LogP contribution in [-0.2, 0) is 19.0 Å². The first-order chi connectivity index (χ1) is 8.24. The Hall–Kier alpha value is -1.30. The second kappa shape index (κ2) is 5.56. The summed E-state index contributed by atoms with van der Waals surface area (Å²) < 4.78 is 15.3. The van der Waals surface area contributed by atoms with Crippen molar-refractivity contribution >= 4 is 12.1 Å². The van der Waals surface area contributed by atoms with E-state index in [1.807, 2.05) is 6.92 Å². The quantitative estimate of drug-likeness (QED) is 0.662. The molecule has 0 aliphatic carbocycles. The van der Waals surface area contributed by atoms with Crippen LogP contribution in [0.15, 0.2) is 0 Å². The van der Waals surface area contributed by atoms with Gasteiger partial charge in [0.25, 0.3) is 0 Å². The molecule has 0 spiro atoms. The number of carbonyl (C=O) groups excluding carboxylic acids is 2. The zero-order valence-corrected chi connectivity index (χ0v) is 11.6. The van der Waals surface area contributed by atoms with Crippen LogP contribution in [0, 0.1) is 0 Å². The van der Waals surface area contributed by atoms with E-state index in [-0.39, 0.29) is 12.7 Å². The Bertz CT molecular complexity index is 323. The van der Waals surface area contributed by atoms with E-state index in [0.717, 1.165) is 0 Å². The minimum atomic E-state index is -0.735. The summed E-state index contributed by atoms with van der Waals surface area (Å²) in [6, 6.07) is -0.735. The lowest BCUT2D eigenvalue weighted by atomic mass is 10.2. The lowest BCUT2D eigenvalue weighted by Crippen LogP contribution is -2.56. The Morgan fingerprint density at radius 2 is 1.94 bits per heavy atom. The summed E-state index contributed by atoms with van der Waals surface area (Å²) in [5.41, 5.74) is -0.598. The van der Waals surface area contributed by atoms with Crippen molar-refractivity contribution in [1.82, 2.24) is 4.90 Å². The lowest BCUT2D eigenvalue weighted by molar-refractivity contribution is -0.155. The molecule has 1 rings (SSSR count). The molecule has 6 heteroatoms. The predicted octanol–water partition coefficient (Wildman–Crippen LogP) is 1.18. The molecule has 0 aromatic heterocycles. The Morgan fingerprint density at radius 1 is 1.33 bits per heavy atom. The first-order valence-electron chi connectivity index (χ1n) is 5.93. The zero-order valence-electron chi connectivity index (χ0n) is 11.6. The minimum Gasteiger partial charge on any atom is -0.467 e. The van der Waals surface area contributed by atoms with Crippen molar-refractivity contribution in [1.29, 1.82) is 0 Å². The van der Waals surface area contributed by atoms with Gasteiger partial charge in [0.1, 0.15) is 5.60 Å². The Labute approximate surface area is 107 Å². The van der Waals surface area contributed by atoms with E-state index in [1.165, 1.54) is 12.0 Å². The maximum absolute atomic E-state index is 12.0. The molecule has 6 nitrogen and oxygen atoms in total. The molecule has 0 saturated carbocycles. The van der Waals surface area contributed by atoms with Gasteiger partial charge in [0.05, 0.1) is 26.4 Å². The summed E-state index contributed by atoms with van der Waals surface area (Å²) in [6.07, 6.45) is -0.647. The molecule has 0 aromatic rings. The van der Waals surface area contributed by atoms with Crippen LogP contribution in [0.2, 0.25) is 0 Å². The molecule has 1 amide bonds. The average molecular weight is 259 g/mol. The van der Waals surface area contributed by atoms with Gasteiger partial charge in [-0.15, -0.1) is 0 Å². The number of carbonyl (C=O) groups is 2. The van der Waals surface area contributed by atoms with Crippen LogP contribution in [0.1, 0.15) is 27.7 Å². The monoisotopic (exact) mass is 259 g/mol. The number of ether oxygens (including phenoxy) is 3. The van der Waals surface area contributed by atoms with Gasteiger partial charge >= 0.3 is 12.1 Å². The van der Waals surface area contributed by atoms with Crippen molar-refractivity contribution < 1.29 is 23.8 Å². The molecule has 1 heterocycles. The number of hydrogen-bond donors (Lipinski definition) is 0. The van der Waals surface area contributed by atoms with E-state index in [1.54, 1.807) is 20.8 Å². The highest BCUT2D eigenvalue weighted by molar-refractivity contribution is 5.81. The molecule has 2 atom stereocenters. The first kappa shape index (κ1) is 14.8. The van der Waals surface area contributed by atoms with Gasteiger partial charge in [-0.2, -0.15) is 0 Å². The van der Waals surface area contributed by atoms with Crippen LogP contribution < -0.4 is 0 Å². The standard InChI is InChI=1S/C12H21NO5/c1-8-6-13(11(15)18-12(2,3)4)9(7-17-8)10(14)16-5/h8-9H,6-7H2,1-5H3/t8-,9+/m0/s1. The van der Waals surface area contributed by atoms with Crippen LogP contribution >= 0.6 is 0 Å². The molecule has 0 unspecified atom stereocenters. The molecule has 1 saturated heterocycles. The van der Waals surface area contributed by atoms with E-state index >= 15 is 0 Å². The molecular weight excluding hydrogens is 238 g/mol. The number of amides is 1. The van der Waals surface area contributed by atoms with Crippen molar-refractivity contribution in [3.8, 4) is 0 Å². The van der Waals surface area contributed by atoms with Gasteiger partial charge in [-0.05, 0) is 27.7 Å². The molecule has 104 valence electrons. The van der Waals surface area contributed by atoms with Crippen molar-refractivity contribution in [3.63, 3.8) is 0 Å². The fraction of sp³-hybridized carbons (Fsp3) is 0.833. The number of hydrogen-bond acceptors (Lipinski definition) is 5. The van der Waals surface area contributed by atoms with E-state index in [4.69, 9.17) is 9.47 Å². The van der Waals surface area contributed by atoms with E-state index in [9.17, 15) is 9.59 Å². The van der Waals surface area contributed by atoms with Crippen molar-refractivity contribution in [2.45, 2.75) is 45.4 Å². The Balaban J connectivity index is 2.78. The Kier molecular flexibility index (Phi) is 4.56.